The lowest BCUT2D eigenvalue weighted by Crippen LogP contribution is -2.58. The Morgan fingerprint density at radius 3 is 2.76 bits per heavy atom. The fourth-order valence-electron chi connectivity index (χ4n) is 3.90. The molecule has 4 aromatic rings. The minimum atomic E-state index is -3.32. The Balaban J connectivity index is 1.33. The Labute approximate surface area is 191 Å². The number of carbonyl (C=O) groups excluding carboxylic acids is 1. The highest BCUT2D eigenvalue weighted by molar-refractivity contribution is 7.07. The summed E-state index contributed by atoms with van der Waals surface area (Å²) in [6, 6.07) is 13.6. The highest BCUT2D eigenvalue weighted by Gasteiger charge is 2.49. The topological polar surface area (TPSA) is 64.1 Å². The van der Waals surface area contributed by atoms with E-state index >= 15 is 4.39 Å². The van der Waals surface area contributed by atoms with Crippen molar-refractivity contribution < 1.29 is 22.7 Å². The number of rotatable bonds is 5. The molecule has 1 saturated heterocycles. The first-order valence-electron chi connectivity index (χ1n) is 10.3. The van der Waals surface area contributed by atoms with E-state index in [-0.39, 0.29) is 23.6 Å². The smallest absolute Gasteiger partial charge is 0.287 e. The van der Waals surface area contributed by atoms with Crippen LogP contribution in [0.5, 0.6) is 5.88 Å². The molecular formula is C24H18F3N3O2S. The van der Waals surface area contributed by atoms with E-state index in [0.29, 0.717) is 11.2 Å². The molecule has 0 spiro atoms. The van der Waals surface area contributed by atoms with Crippen molar-refractivity contribution in [1.29, 1.82) is 0 Å². The minimum absolute atomic E-state index is 0.0759. The number of hydrogen-bond donors (Lipinski definition) is 1. The Morgan fingerprint density at radius 2 is 1.97 bits per heavy atom. The van der Waals surface area contributed by atoms with Crippen LogP contribution < -0.4 is 10.1 Å². The van der Waals surface area contributed by atoms with Crippen LogP contribution in [-0.4, -0.2) is 40.4 Å². The van der Waals surface area contributed by atoms with Crippen LogP contribution >= 0.6 is 11.3 Å². The average molecular weight is 469 g/mol. The predicted molar refractivity (Wildman–Crippen MR) is 119 cm³/mol. The zero-order valence-corrected chi connectivity index (χ0v) is 18.0. The monoisotopic (exact) mass is 469 g/mol. The summed E-state index contributed by atoms with van der Waals surface area (Å²) in [5, 5.41) is 5.32. The molecule has 1 aliphatic rings. The molecular weight excluding hydrogens is 451 g/mol. The average Bonchev–Trinajstić information content (AvgIpc) is 3.34. The minimum Gasteiger partial charge on any atom is -0.467 e. The molecule has 0 amide bonds. The van der Waals surface area contributed by atoms with E-state index in [0.717, 1.165) is 5.39 Å². The summed E-state index contributed by atoms with van der Waals surface area (Å²) in [4.78, 5) is 21.3. The number of benzene rings is 2. The Bertz CT molecular complexity index is 1310. The number of nitrogens with one attached hydrogen (secondary N) is 1. The van der Waals surface area contributed by atoms with Crippen LogP contribution in [0.25, 0.3) is 22.2 Å². The summed E-state index contributed by atoms with van der Waals surface area (Å²) >= 11 is 1.29. The van der Waals surface area contributed by atoms with Crippen LogP contribution in [0.4, 0.5) is 13.2 Å². The Kier molecular flexibility index (Phi) is 5.59. The van der Waals surface area contributed by atoms with E-state index in [2.05, 4.69) is 15.3 Å². The molecule has 5 rings (SSSR count). The Morgan fingerprint density at radius 1 is 1.12 bits per heavy atom. The lowest BCUT2D eigenvalue weighted by atomic mass is 9.91. The van der Waals surface area contributed by atoms with Gasteiger partial charge in [-0.25, -0.2) is 23.1 Å². The summed E-state index contributed by atoms with van der Waals surface area (Å²) in [6.07, 6.45) is -2.33. The molecule has 5 nitrogen and oxygen atoms in total. The first-order valence-corrected chi connectivity index (χ1v) is 11.2. The molecule has 0 saturated carbocycles. The fourth-order valence-corrected chi connectivity index (χ4v) is 4.45. The number of aromatic nitrogens is 2. The molecule has 0 aliphatic carbocycles. The van der Waals surface area contributed by atoms with Crippen molar-refractivity contribution >= 4 is 28.0 Å². The number of carbonyl (C=O) groups is 1. The van der Waals surface area contributed by atoms with E-state index in [1.807, 2.05) is 12.1 Å². The number of para-hydroxylation sites is 1. The van der Waals surface area contributed by atoms with Gasteiger partial charge in [-0.05, 0) is 24.3 Å². The lowest BCUT2D eigenvalue weighted by Gasteiger charge is -2.35. The highest BCUT2D eigenvalue weighted by atomic mass is 32.1. The third kappa shape index (κ3) is 4.21. The number of Topliss-reactive ketones (excluding diaryl/α,β-unsaturated/α-hetero) is 1. The van der Waals surface area contributed by atoms with Crippen LogP contribution in [0, 0.1) is 5.82 Å². The predicted octanol–water partition coefficient (Wildman–Crippen LogP) is 5.12. The third-order valence-corrected chi connectivity index (χ3v) is 6.21. The van der Waals surface area contributed by atoms with Crippen molar-refractivity contribution in [3.05, 3.63) is 76.9 Å². The van der Waals surface area contributed by atoms with Crippen molar-refractivity contribution in [3.8, 4) is 17.1 Å². The SMILES string of the molecule is O=C(c1cccc(-c2cscn2)c1F)C1CC(F)(F)C(Oc2ccc3ccccc3n2)CN1. The van der Waals surface area contributed by atoms with Crippen LogP contribution in [0.1, 0.15) is 16.8 Å². The number of piperidine rings is 1. The maximum atomic E-state index is 15.0. The first-order chi connectivity index (χ1) is 15.9. The van der Waals surface area contributed by atoms with Gasteiger partial charge < -0.3 is 10.1 Å². The third-order valence-electron chi connectivity index (χ3n) is 5.62. The van der Waals surface area contributed by atoms with Crippen molar-refractivity contribution in [1.82, 2.24) is 15.3 Å². The normalized spacial score (nSPS) is 20.0. The van der Waals surface area contributed by atoms with Gasteiger partial charge in [0.25, 0.3) is 5.92 Å². The molecule has 0 radical (unpaired) electrons. The number of halogens is 3. The Hall–Kier alpha value is -3.30. The molecule has 1 fully saturated rings. The van der Waals surface area contributed by atoms with Gasteiger partial charge in [0, 0.05) is 35.4 Å². The molecule has 1 aliphatic heterocycles. The maximum absolute atomic E-state index is 15.0. The van der Waals surface area contributed by atoms with Gasteiger partial charge in [-0.2, -0.15) is 0 Å². The van der Waals surface area contributed by atoms with Gasteiger partial charge in [-0.15, -0.1) is 11.3 Å². The van der Waals surface area contributed by atoms with Gasteiger partial charge in [0.2, 0.25) is 5.88 Å². The molecule has 2 aromatic heterocycles. The second-order valence-electron chi connectivity index (χ2n) is 7.78. The summed E-state index contributed by atoms with van der Waals surface area (Å²) < 4.78 is 50.4. The van der Waals surface area contributed by atoms with Gasteiger partial charge in [-0.1, -0.05) is 24.3 Å². The van der Waals surface area contributed by atoms with E-state index in [4.69, 9.17) is 4.74 Å². The second kappa shape index (κ2) is 8.57. The number of pyridine rings is 1. The van der Waals surface area contributed by atoms with Gasteiger partial charge in [-0.3, -0.25) is 4.79 Å². The van der Waals surface area contributed by atoms with Crippen molar-refractivity contribution in [2.45, 2.75) is 24.5 Å². The largest absolute Gasteiger partial charge is 0.467 e. The molecule has 33 heavy (non-hydrogen) atoms. The molecule has 9 heteroatoms. The van der Waals surface area contributed by atoms with Gasteiger partial charge >= 0.3 is 0 Å². The number of ketones is 1. The fraction of sp³-hybridized carbons (Fsp3) is 0.208. The number of hydrogen-bond acceptors (Lipinski definition) is 6. The van der Waals surface area contributed by atoms with Crippen molar-refractivity contribution in [2.75, 3.05) is 6.54 Å². The maximum Gasteiger partial charge on any atom is 0.287 e. The molecule has 2 aromatic carbocycles. The van der Waals surface area contributed by atoms with E-state index in [1.165, 1.54) is 35.6 Å². The van der Waals surface area contributed by atoms with Crippen molar-refractivity contribution in [2.24, 2.45) is 0 Å². The summed E-state index contributed by atoms with van der Waals surface area (Å²) in [5.41, 5.74) is 2.49. The zero-order valence-electron chi connectivity index (χ0n) is 17.2. The van der Waals surface area contributed by atoms with E-state index in [1.54, 1.807) is 29.1 Å². The number of alkyl halides is 2. The summed E-state index contributed by atoms with van der Waals surface area (Å²) in [6.45, 7) is -0.286. The summed E-state index contributed by atoms with van der Waals surface area (Å²) in [5.74, 6) is -4.74. The van der Waals surface area contributed by atoms with Crippen molar-refractivity contribution in [3.63, 3.8) is 0 Å². The van der Waals surface area contributed by atoms with Gasteiger partial charge in [0.05, 0.1) is 28.3 Å². The van der Waals surface area contributed by atoms with Crippen LogP contribution in [0.3, 0.4) is 0 Å². The number of fused-ring (bicyclic) bond motifs is 1. The van der Waals surface area contributed by atoms with Crippen LogP contribution in [0.15, 0.2) is 65.5 Å². The van der Waals surface area contributed by atoms with E-state index in [9.17, 15) is 13.6 Å². The van der Waals surface area contributed by atoms with Crippen LogP contribution in [0.2, 0.25) is 0 Å². The number of thiazole rings is 1. The lowest BCUT2D eigenvalue weighted by molar-refractivity contribution is -0.119. The standard InChI is InChI=1S/C24H18F3N3O2S/c25-22-15(19-12-33-13-29-19)5-3-6-16(22)23(31)18-10-24(26,27)20(11-28-18)32-21-9-8-14-4-1-2-7-17(14)30-21/h1-9,12-13,18,20,28H,10-11H2. The summed E-state index contributed by atoms with van der Waals surface area (Å²) in [7, 11) is 0. The molecule has 168 valence electrons. The first kappa shape index (κ1) is 21.5. The van der Waals surface area contributed by atoms with Crippen LogP contribution in [-0.2, 0) is 0 Å². The number of nitrogens with zero attached hydrogens (tertiary/aromatic N) is 2. The molecule has 1 N–H and O–H groups in total. The van der Waals surface area contributed by atoms with Gasteiger partial charge in [0.1, 0.15) is 5.82 Å². The quantitative estimate of drug-likeness (QED) is 0.411. The number of ether oxygens (including phenoxy) is 1. The highest BCUT2D eigenvalue weighted by Crippen LogP contribution is 2.33. The molecule has 2 atom stereocenters. The molecule has 2 unspecified atom stereocenters. The van der Waals surface area contributed by atoms with Gasteiger partial charge in [0.15, 0.2) is 11.9 Å². The zero-order chi connectivity index (χ0) is 23.0. The second-order valence-corrected chi connectivity index (χ2v) is 8.50. The molecule has 0 bridgehead atoms. The van der Waals surface area contributed by atoms with E-state index < -0.39 is 36.1 Å². The molecule has 3 heterocycles.